The Labute approximate surface area is 337 Å². The number of furan rings is 3. The molecule has 0 fully saturated rings. The highest BCUT2D eigenvalue weighted by molar-refractivity contribution is 6.27. The fourth-order valence-corrected chi connectivity index (χ4v) is 9.70. The van der Waals surface area contributed by atoms with Crippen molar-refractivity contribution in [3.8, 4) is 44.7 Å². The number of benzene rings is 10. The van der Waals surface area contributed by atoms with Gasteiger partial charge in [-0.05, 0) is 91.1 Å². The van der Waals surface area contributed by atoms with Crippen molar-refractivity contribution < 1.29 is 13.3 Å². The molecule has 0 atom stereocenters. The summed E-state index contributed by atoms with van der Waals surface area (Å²) in [5, 5.41) is 12.4. The van der Waals surface area contributed by atoms with Crippen LogP contribution in [0.1, 0.15) is 0 Å². The average Bonchev–Trinajstić information content (AvgIpc) is 3.99. The molecule has 0 aliphatic carbocycles. The molecule has 13 aromatic rings. The van der Waals surface area contributed by atoms with E-state index in [1.165, 1.54) is 38.1 Å². The standard InChI is InChI=1S/C56H32O3/c1-3-15-34(16-4-1)52-45-31-49-46(32-50(45)58-55(52)35-17-5-2-6-18-35)54-44(24-13-25-47(54)57-49)53-41-22-11-9-20-39(41)51(40-21-10-12-23-42(40)53)36-27-28-38-43-29-26-33-14-7-8-19-37(33)56(43)59-48(38)30-36/h1-32H. The molecule has 0 bridgehead atoms. The monoisotopic (exact) mass is 752 g/mol. The SMILES string of the molecule is c1ccc(-c2oc3cc4c(cc3c2-c2ccccc2)oc2cccc(-c3c5ccccc5c(-c5ccc6c(c5)oc5c7ccccc7ccc65)c5ccccc35)c24)cc1. The van der Waals surface area contributed by atoms with Crippen molar-refractivity contribution in [1.82, 2.24) is 0 Å². The van der Waals surface area contributed by atoms with E-state index in [0.717, 1.165) is 93.8 Å². The zero-order chi connectivity index (χ0) is 38.6. The second-order valence-corrected chi connectivity index (χ2v) is 15.5. The van der Waals surface area contributed by atoms with E-state index in [0.29, 0.717) is 0 Å². The number of hydrogen-bond donors (Lipinski definition) is 0. The Hall–Kier alpha value is -7.88. The van der Waals surface area contributed by atoms with E-state index in [1.54, 1.807) is 0 Å². The summed E-state index contributed by atoms with van der Waals surface area (Å²) in [6, 6.07) is 68.8. The van der Waals surface area contributed by atoms with Gasteiger partial charge in [-0.1, -0.05) is 158 Å². The lowest BCUT2D eigenvalue weighted by atomic mass is 9.85. The summed E-state index contributed by atoms with van der Waals surface area (Å²) in [6.45, 7) is 0. The van der Waals surface area contributed by atoms with Gasteiger partial charge in [0.1, 0.15) is 33.7 Å². The minimum atomic E-state index is 0.826. The molecule has 0 spiro atoms. The Kier molecular flexibility index (Phi) is 6.72. The summed E-state index contributed by atoms with van der Waals surface area (Å²) < 4.78 is 20.3. The predicted octanol–water partition coefficient (Wildman–Crippen LogP) is 16.4. The van der Waals surface area contributed by atoms with Crippen LogP contribution in [-0.2, 0) is 0 Å². The van der Waals surface area contributed by atoms with Crippen molar-refractivity contribution in [2.24, 2.45) is 0 Å². The third kappa shape index (κ3) is 4.70. The summed E-state index contributed by atoms with van der Waals surface area (Å²) in [7, 11) is 0. The Morgan fingerprint density at radius 2 is 0.864 bits per heavy atom. The number of rotatable bonds is 4. The molecule has 274 valence electrons. The molecule has 13 rings (SSSR count). The molecule has 0 radical (unpaired) electrons. The zero-order valence-corrected chi connectivity index (χ0v) is 31.7. The largest absolute Gasteiger partial charge is 0.456 e. The van der Waals surface area contributed by atoms with Crippen molar-refractivity contribution >= 4 is 87.2 Å². The zero-order valence-electron chi connectivity index (χ0n) is 31.7. The lowest BCUT2D eigenvalue weighted by molar-refractivity contribution is 0.632. The van der Waals surface area contributed by atoms with Gasteiger partial charge in [0.25, 0.3) is 0 Å². The van der Waals surface area contributed by atoms with E-state index in [2.05, 4.69) is 182 Å². The quantitative estimate of drug-likeness (QED) is 0.168. The molecule has 3 heterocycles. The van der Waals surface area contributed by atoms with Gasteiger partial charge in [0.05, 0.1) is 0 Å². The summed E-state index contributed by atoms with van der Waals surface area (Å²) in [5.41, 5.74) is 12.1. The van der Waals surface area contributed by atoms with Gasteiger partial charge in [0.15, 0.2) is 0 Å². The first-order chi connectivity index (χ1) is 29.3. The third-order valence-electron chi connectivity index (χ3n) is 12.3. The van der Waals surface area contributed by atoms with E-state index in [9.17, 15) is 0 Å². The highest BCUT2D eigenvalue weighted by atomic mass is 16.3. The summed E-state index contributed by atoms with van der Waals surface area (Å²) in [5.74, 6) is 0.853. The van der Waals surface area contributed by atoms with Crippen molar-refractivity contribution in [2.45, 2.75) is 0 Å². The first-order valence-electron chi connectivity index (χ1n) is 20.1. The molecule has 3 nitrogen and oxygen atoms in total. The Morgan fingerprint density at radius 3 is 1.61 bits per heavy atom. The van der Waals surface area contributed by atoms with E-state index < -0.39 is 0 Å². The lowest BCUT2D eigenvalue weighted by Crippen LogP contribution is -1.91. The molecule has 0 aliphatic rings. The van der Waals surface area contributed by atoms with Gasteiger partial charge in [-0.15, -0.1) is 0 Å². The van der Waals surface area contributed by atoms with Gasteiger partial charge in [-0.3, -0.25) is 0 Å². The van der Waals surface area contributed by atoms with Gasteiger partial charge < -0.3 is 13.3 Å². The highest BCUT2D eigenvalue weighted by Crippen LogP contribution is 2.49. The second kappa shape index (κ2) is 12.3. The molecule has 0 amide bonds. The van der Waals surface area contributed by atoms with Gasteiger partial charge in [0.2, 0.25) is 0 Å². The van der Waals surface area contributed by atoms with Crippen LogP contribution in [0.15, 0.2) is 207 Å². The number of fused-ring (bicyclic) bond motifs is 11. The van der Waals surface area contributed by atoms with E-state index >= 15 is 0 Å². The maximum atomic E-state index is 6.84. The minimum absolute atomic E-state index is 0.826. The van der Waals surface area contributed by atoms with Crippen molar-refractivity contribution in [3.63, 3.8) is 0 Å². The third-order valence-corrected chi connectivity index (χ3v) is 12.3. The highest BCUT2D eigenvalue weighted by Gasteiger charge is 2.24. The van der Waals surface area contributed by atoms with Gasteiger partial charge in [-0.25, -0.2) is 0 Å². The maximum absolute atomic E-state index is 6.84. The molecule has 59 heavy (non-hydrogen) atoms. The Balaban J connectivity index is 1.07. The molecule has 10 aromatic carbocycles. The van der Waals surface area contributed by atoms with Crippen molar-refractivity contribution in [2.75, 3.05) is 0 Å². The Morgan fingerprint density at radius 1 is 0.271 bits per heavy atom. The molecular weight excluding hydrogens is 721 g/mol. The predicted molar refractivity (Wildman–Crippen MR) is 245 cm³/mol. The summed E-state index contributed by atoms with van der Waals surface area (Å²) >= 11 is 0. The lowest BCUT2D eigenvalue weighted by Gasteiger charge is -2.18. The van der Waals surface area contributed by atoms with Crippen LogP contribution in [0.2, 0.25) is 0 Å². The van der Waals surface area contributed by atoms with Crippen LogP contribution in [0, 0.1) is 0 Å². The van der Waals surface area contributed by atoms with Gasteiger partial charge in [-0.2, -0.15) is 0 Å². The topological polar surface area (TPSA) is 39.4 Å². The molecule has 0 saturated carbocycles. The van der Waals surface area contributed by atoms with E-state index in [4.69, 9.17) is 13.3 Å². The summed E-state index contributed by atoms with van der Waals surface area (Å²) in [4.78, 5) is 0. The molecule has 0 saturated heterocycles. The maximum Gasteiger partial charge on any atom is 0.143 e. The Bertz CT molecular complexity index is 3770. The van der Waals surface area contributed by atoms with Crippen LogP contribution in [-0.4, -0.2) is 0 Å². The molecule has 0 unspecified atom stereocenters. The van der Waals surface area contributed by atoms with Crippen molar-refractivity contribution in [3.05, 3.63) is 194 Å². The average molecular weight is 753 g/mol. The molecule has 3 aromatic heterocycles. The molecule has 0 N–H and O–H groups in total. The fraction of sp³-hybridized carbons (Fsp3) is 0. The molecule has 0 aliphatic heterocycles. The van der Waals surface area contributed by atoms with Crippen LogP contribution in [0.3, 0.4) is 0 Å². The fourth-order valence-electron chi connectivity index (χ4n) is 9.70. The van der Waals surface area contributed by atoms with Crippen molar-refractivity contribution in [1.29, 1.82) is 0 Å². The first kappa shape index (κ1) is 32.2. The van der Waals surface area contributed by atoms with Crippen LogP contribution < -0.4 is 0 Å². The summed E-state index contributed by atoms with van der Waals surface area (Å²) in [6.07, 6.45) is 0. The van der Waals surface area contributed by atoms with Gasteiger partial charge in [0, 0.05) is 43.4 Å². The number of hydrogen-bond acceptors (Lipinski definition) is 3. The minimum Gasteiger partial charge on any atom is -0.456 e. The van der Waals surface area contributed by atoms with Crippen LogP contribution in [0.25, 0.3) is 132 Å². The van der Waals surface area contributed by atoms with E-state index in [1.807, 2.05) is 12.1 Å². The molecule has 3 heteroatoms. The second-order valence-electron chi connectivity index (χ2n) is 15.5. The van der Waals surface area contributed by atoms with Gasteiger partial charge >= 0.3 is 0 Å². The van der Waals surface area contributed by atoms with E-state index in [-0.39, 0.29) is 0 Å². The smallest absolute Gasteiger partial charge is 0.143 e. The molecular formula is C56H32O3. The normalized spacial score (nSPS) is 12.1. The van der Waals surface area contributed by atoms with Crippen LogP contribution in [0.4, 0.5) is 0 Å². The first-order valence-corrected chi connectivity index (χ1v) is 20.1. The van der Waals surface area contributed by atoms with Crippen LogP contribution in [0.5, 0.6) is 0 Å². The van der Waals surface area contributed by atoms with Crippen LogP contribution >= 0.6 is 0 Å².